The molecule has 4 heteroatoms. The summed E-state index contributed by atoms with van der Waals surface area (Å²) in [6.45, 7) is 2.36. The van der Waals surface area contributed by atoms with Crippen molar-refractivity contribution in [2.45, 2.75) is 19.5 Å². The van der Waals surface area contributed by atoms with Crippen molar-refractivity contribution in [2.24, 2.45) is 0 Å². The Morgan fingerprint density at radius 1 is 0.952 bits per heavy atom. The molecule has 0 aliphatic rings. The van der Waals surface area contributed by atoms with Crippen molar-refractivity contribution in [3.8, 4) is 0 Å². The summed E-state index contributed by atoms with van der Waals surface area (Å²) in [5.41, 5.74) is 2.42. The molecule has 4 nitrogen and oxygen atoms in total. The van der Waals surface area contributed by atoms with Gasteiger partial charge < -0.3 is 4.52 Å². The van der Waals surface area contributed by atoms with E-state index < -0.39 is 0 Å². The van der Waals surface area contributed by atoms with Crippen LogP contribution in [-0.4, -0.2) is 10.1 Å². The van der Waals surface area contributed by atoms with Crippen LogP contribution in [0.15, 0.2) is 65.2 Å². The highest BCUT2D eigenvalue weighted by molar-refractivity contribution is 5.31. The fourth-order valence-electron chi connectivity index (χ4n) is 2.32. The first-order valence-electron chi connectivity index (χ1n) is 6.95. The number of benzene rings is 2. The maximum atomic E-state index is 5.16. The number of aromatic nitrogens is 2. The van der Waals surface area contributed by atoms with Crippen molar-refractivity contribution >= 4 is 0 Å². The molecule has 106 valence electrons. The third-order valence-electron chi connectivity index (χ3n) is 3.29. The fraction of sp³-hybridized carbons (Fsp3) is 0.176. The van der Waals surface area contributed by atoms with Gasteiger partial charge in [0, 0.05) is 0 Å². The standard InChI is InChI=1S/C17H17N3O/c1-13-19-16(21-20-13)12-18-17(14-8-4-2-5-9-14)15-10-6-3-7-11-15/h2-11,17-18H,12H2,1H3. The van der Waals surface area contributed by atoms with Gasteiger partial charge in [0.15, 0.2) is 5.82 Å². The first-order valence-corrected chi connectivity index (χ1v) is 6.95. The normalized spacial score (nSPS) is 11.0. The first kappa shape index (κ1) is 13.5. The molecule has 0 radical (unpaired) electrons. The molecule has 3 rings (SSSR count). The second kappa shape index (κ2) is 6.33. The van der Waals surface area contributed by atoms with Gasteiger partial charge in [0.25, 0.3) is 0 Å². The van der Waals surface area contributed by atoms with Crippen LogP contribution in [0.1, 0.15) is 28.9 Å². The maximum Gasteiger partial charge on any atom is 0.240 e. The van der Waals surface area contributed by atoms with Crippen molar-refractivity contribution in [1.29, 1.82) is 0 Å². The quantitative estimate of drug-likeness (QED) is 0.779. The summed E-state index contributed by atoms with van der Waals surface area (Å²) in [5.74, 6) is 1.26. The number of nitrogens with one attached hydrogen (secondary N) is 1. The van der Waals surface area contributed by atoms with E-state index in [1.165, 1.54) is 11.1 Å². The highest BCUT2D eigenvalue weighted by atomic mass is 16.5. The second-order valence-corrected chi connectivity index (χ2v) is 4.87. The minimum Gasteiger partial charge on any atom is -0.338 e. The molecule has 1 aromatic heterocycles. The summed E-state index contributed by atoms with van der Waals surface area (Å²) >= 11 is 0. The van der Waals surface area contributed by atoms with E-state index in [9.17, 15) is 0 Å². The van der Waals surface area contributed by atoms with Crippen LogP contribution in [0.2, 0.25) is 0 Å². The maximum absolute atomic E-state index is 5.16. The van der Waals surface area contributed by atoms with Crippen molar-refractivity contribution in [1.82, 2.24) is 15.5 Å². The SMILES string of the molecule is Cc1noc(CNC(c2ccccc2)c2ccccc2)n1. The molecule has 0 saturated heterocycles. The molecule has 3 aromatic rings. The summed E-state index contributed by atoms with van der Waals surface area (Å²) in [7, 11) is 0. The predicted molar refractivity (Wildman–Crippen MR) is 80.6 cm³/mol. The zero-order valence-corrected chi connectivity index (χ0v) is 11.9. The number of rotatable bonds is 5. The van der Waals surface area contributed by atoms with Crippen LogP contribution in [0, 0.1) is 6.92 Å². The molecular weight excluding hydrogens is 262 g/mol. The summed E-state index contributed by atoms with van der Waals surface area (Å²) in [5, 5.41) is 7.30. The number of aryl methyl sites for hydroxylation is 1. The van der Waals surface area contributed by atoms with Gasteiger partial charge in [-0.2, -0.15) is 4.98 Å². The van der Waals surface area contributed by atoms with Crippen LogP contribution in [0.3, 0.4) is 0 Å². The molecule has 0 saturated carbocycles. The first-order chi connectivity index (χ1) is 10.3. The van der Waals surface area contributed by atoms with E-state index in [0.717, 1.165) is 0 Å². The monoisotopic (exact) mass is 279 g/mol. The molecule has 0 aliphatic heterocycles. The van der Waals surface area contributed by atoms with Gasteiger partial charge in [0.2, 0.25) is 5.89 Å². The van der Waals surface area contributed by atoms with E-state index >= 15 is 0 Å². The number of hydrogen-bond donors (Lipinski definition) is 1. The van der Waals surface area contributed by atoms with Crippen LogP contribution in [-0.2, 0) is 6.54 Å². The van der Waals surface area contributed by atoms with Crippen LogP contribution in [0.5, 0.6) is 0 Å². The van der Waals surface area contributed by atoms with E-state index in [2.05, 4.69) is 39.7 Å². The minimum atomic E-state index is 0.0969. The summed E-state index contributed by atoms with van der Waals surface area (Å²) in [6.07, 6.45) is 0. The molecule has 1 heterocycles. The van der Waals surface area contributed by atoms with Crippen molar-refractivity contribution in [3.63, 3.8) is 0 Å². The zero-order chi connectivity index (χ0) is 14.5. The van der Waals surface area contributed by atoms with E-state index in [4.69, 9.17) is 4.52 Å². The van der Waals surface area contributed by atoms with Gasteiger partial charge >= 0.3 is 0 Å². The molecule has 0 bridgehead atoms. The molecule has 0 aliphatic carbocycles. The van der Waals surface area contributed by atoms with E-state index in [1.807, 2.05) is 43.3 Å². The zero-order valence-electron chi connectivity index (χ0n) is 11.9. The van der Waals surface area contributed by atoms with Crippen molar-refractivity contribution in [3.05, 3.63) is 83.5 Å². The van der Waals surface area contributed by atoms with Gasteiger partial charge in [-0.1, -0.05) is 65.8 Å². The Labute approximate surface area is 123 Å². The largest absolute Gasteiger partial charge is 0.338 e. The summed E-state index contributed by atoms with van der Waals surface area (Å²) in [6, 6.07) is 20.8. The lowest BCUT2D eigenvalue weighted by atomic mass is 9.99. The number of hydrogen-bond acceptors (Lipinski definition) is 4. The topological polar surface area (TPSA) is 51.0 Å². The molecule has 0 unspecified atom stereocenters. The lowest BCUT2D eigenvalue weighted by molar-refractivity contribution is 0.359. The molecule has 0 amide bonds. The number of nitrogens with zero attached hydrogens (tertiary/aromatic N) is 2. The Balaban J connectivity index is 1.83. The van der Waals surface area contributed by atoms with Gasteiger partial charge in [-0.3, -0.25) is 5.32 Å². The third-order valence-corrected chi connectivity index (χ3v) is 3.29. The minimum absolute atomic E-state index is 0.0969. The van der Waals surface area contributed by atoms with Crippen LogP contribution >= 0.6 is 0 Å². The Morgan fingerprint density at radius 2 is 1.52 bits per heavy atom. The smallest absolute Gasteiger partial charge is 0.240 e. The Hall–Kier alpha value is -2.46. The van der Waals surface area contributed by atoms with Crippen LogP contribution < -0.4 is 5.32 Å². The second-order valence-electron chi connectivity index (χ2n) is 4.87. The highest BCUT2D eigenvalue weighted by Gasteiger charge is 2.14. The molecule has 0 spiro atoms. The van der Waals surface area contributed by atoms with Crippen LogP contribution in [0.25, 0.3) is 0 Å². The molecule has 21 heavy (non-hydrogen) atoms. The lowest BCUT2D eigenvalue weighted by Gasteiger charge is -2.18. The average Bonchev–Trinajstić information content (AvgIpc) is 2.95. The van der Waals surface area contributed by atoms with Crippen molar-refractivity contribution in [2.75, 3.05) is 0 Å². The van der Waals surface area contributed by atoms with Gasteiger partial charge in [-0.15, -0.1) is 0 Å². The Bertz CT molecular complexity index is 640. The average molecular weight is 279 g/mol. The molecule has 1 N–H and O–H groups in total. The summed E-state index contributed by atoms with van der Waals surface area (Å²) in [4.78, 5) is 4.23. The van der Waals surface area contributed by atoms with Gasteiger partial charge in [0.05, 0.1) is 12.6 Å². The molecular formula is C17H17N3O. The van der Waals surface area contributed by atoms with Gasteiger partial charge in [0.1, 0.15) is 0 Å². The van der Waals surface area contributed by atoms with E-state index in [-0.39, 0.29) is 6.04 Å². The lowest BCUT2D eigenvalue weighted by Crippen LogP contribution is -2.22. The fourth-order valence-corrected chi connectivity index (χ4v) is 2.32. The molecule has 2 aromatic carbocycles. The van der Waals surface area contributed by atoms with Gasteiger partial charge in [-0.25, -0.2) is 0 Å². The molecule has 0 fully saturated rings. The Kier molecular flexibility index (Phi) is 4.07. The van der Waals surface area contributed by atoms with Crippen molar-refractivity contribution < 1.29 is 4.52 Å². The van der Waals surface area contributed by atoms with Gasteiger partial charge in [-0.05, 0) is 18.1 Å². The molecule has 0 atom stereocenters. The summed E-state index contributed by atoms with van der Waals surface area (Å²) < 4.78 is 5.16. The van der Waals surface area contributed by atoms with Crippen LogP contribution in [0.4, 0.5) is 0 Å². The Morgan fingerprint density at radius 3 is 2.00 bits per heavy atom. The van der Waals surface area contributed by atoms with E-state index in [0.29, 0.717) is 18.3 Å². The third kappa shape index (κ3) is 3.35. The highest BCUT2D eigenvalue weighted by Crippen LogP contribution is 2.22. The van der Waals surface area contributed by atoms with E-state index in [1.54, 1.807) is 0 Å². The predicted octanol–water partition coefficient (Wildman–Crippen LogP) is 3.26.